The van der Waals surface area contributed by atoms with Gasteiger partial charge in [0.25, 0.3) is 0 Å². The van der Waals surface area contributed by atoms with Crippen molar-refractivity contribution in [1.82, 2.24) is 4.90 Å². The minimum absolute atomic E-state index is 0. The fraction of sp³-hybridized carbons (Fsp3) is 0.632. The standard InChI is InChI=1S/C19H28BrNO.BrH/c1-21(2)14-13-19(18(22)15-20,16-9-5-3-6-10-16)17-11-7-4-8-12-17;/h3,5-6,9-10,17H,4,7-8,11-15H2,1-2H3;1H. The van der Waals surface area contributed by atoms with E-state index in [2.05, 4.69) is 59.2 Å². The van der Waals surface area contributed by atoms with Crippen LogP contribution in [0, 0.1) is 5.92 Å². The molecule has 0 saturated heterocycles. The van der Waals surface area contributed by atoms with Gasteiger partial charge in [0.2, 0.25) is 0 Å². The molecular formula is C19H29Br2NO. The quantitative estimate of drug-likeness (QED) is 0.549. The van der Waals surface area contributed by atoms with E-state index in [0.29, 0.717) is 17.0 Å². The number of carbonyl (C=O) groups excluding carboxylic acids is 1. The van der Waals surface area contributed by atoms with Gasteiger partial charge in [-0.15, -0.1) is 17.0 Å². The van der Waals surface area contributed by atoms with Gasteiger partial charge >= 0.3 is 0 Å². The highest BCUT2D eigenvalue weighted by molar-refractivity contribution is 9.09. The Kier molecular flexibility index (Phi) is 9.02. The molecule has 0 spiro atoms. The number of carbonyl (C=O) groups is 1. The fourth-order valence-electron chi connectivity index (χ4n) is 3.96. The van der Waals surface area contributed by atoms with Crippen molar-refractivity contribution >= 4 is 38.7 Å². The first-order valence-electron chi connectivity index (χ1n) is 8.41. The molecule has 1 atom stereocenters. The Hall–Kier alpha value is -0.190. The SMILES string of the molecule is Br.CN(C)CCC(C(=O)CBr)(c1ccccc1)C1CCCCC1. The molecule has 1 fully saturated rings. The van der Waals surface area contributed by atoms with Crippen LogP contribution in [-0.4, -0.2) is 36.7 Å². The summed E-state index contributed by atoms with van der Waals surface area (Å²) in [5.74, 6) is 0.834. The summed E-state index contributed by atoms with van der Waals surface area (Å²) in [4.78, 5) is 15.3. The number of alkyl halides is 1. The Morgan fingerprint density at radius 3 is 2.30 bits per heavy atom. The lowest BCUT2D eigenvalue weighted by Gasteiger charge is -2.42. The molecule has 0 bridgehead atoms. The number of hydrogen-bond acceptors (Lipinski definition) is 2. The summed E-state index contributed by atoms with van der Waals surface area (Å²) < 4.78 is 0. The van der Waals surface area contributed by atoms with Crippen LogP contribution < -0.4 is 0 Å². The second kappa shape index (κ2) is 9.95. The summed E-state index contributed by atoms with van der Waals surface area (Å²) >= 11 is 3.46. The van der Waals surface area contributed by atoms with Crippen LogP contribution in [0.3, 0.4) is 0 Å². The lowest BCUT2D eigenvalue weighted by Crippen LogP contribution is -2.46. The molecule has 0 aliphatic heterocycles. The topological polar surface area (TPSA) is 20.3 Å². The van der Waals surface area contributed by atoms with E-state index in [0.717, 1.165) is 13.0 Å². The van der Waals surface area contributed by atoms with Gasteiger partial charge in [0.05, 0.1) is 10.7 Å². The summed E-state index contributed by atoms with van der Waals surface area (Å²) in [5, 5.41) is 0.450. The Morgan fingerprint density at radius 2 is 1.78 bits per heavy atom. The van der Waals surface area contributed by atoms with Crippen molar-refractivity contribution in [3.05, 3.63) is 35.9 Å². The van der Waals surface area contributed by atoms with E-state index < -0.39 is 0 Å². The number of nitrogens with zero attached hydrogens (tertiary/aromatic N) is 1. The maximum Gasteiger partial charge on any atom is 0.154 e. The predicted octanol–water partition coefficient (Wildman–Crippen LogP) is 5.00. The van der Waals surface area contributed by atoms with Crippen molar-refractivity contribution in [2.45, 2.75) is 43.9 Å². The van der Waals surface area contributed by atoms with Gasteiger partial charge in [-0.3, -0.25) is 4.79 Å². The molecule has 0 radical (unpaired) electrons. The molecule has 2 nitrogen and oxygen atoms in total. The normalized spacial score (nSPS) is 18.3. The van der Waals surface area contributed by atoms with Gasteiger partial charge in [0, 0.05) is 0 Å². The van der Waals surface area contributed by atoms with E-state index in [4.69, 9.17) is 0 Å². The molecule has 0 N–H and O–H groups in total. The highest BCUT2D eigenvalue weighted by atomic mass is 79.9. The third kappa shape index (κ3) is 4.90. The smallest absolute Gasteiger partial charge is 0.154 e. The molecule has 130 valence electrons. The van der Waals surface area contributed by atoms with Crippen LogP contribution in [0.5, 0.6) is 0 Å². The van der Waals surface area contributed by atoms with Crippen LogP contribution in [0.2, 0.25) is 0 Å². The van der Waals surface area contributed by atoms with Crippen molar-refractivity contribution in [2.75, 3.05) is 26.0 Å². The molecule has 1 aliphatic carbocycles. The van der Waals surface area contributed by atoms with E-state index in [-0.39, 0.29) is 22.4 Å². The van der Waals surface area contributed by atoms with Crippen molar-refractivity contribution in [1.29, 1.82) is 0 Å². The molecule has 2 rings (SSSR count). The van der Waals surface area contributed by atoms with Crippen LogP contribution in [0.15, 0.2) is 30.3 Å². The molecular weight excluding hydrogens is 418 g/mol. The largest absolute Gasteiger partial charge is 0.309 e. The van der Waals surface area contributed by atoms with Crippen LogP contribution >= 0.6 is 32.9 Å². The Morgan fingerprint density at radius 1 is 1.17 bits per heavy atom. The second-order valence-corrected chi connectivity index (χ2v) is 7.34. The van der Waals surface area contributed by atoms with Gasteiger partial charge in [0.1, 0.15) is 0 Å². The number of benzene rings is 1. The molecule has 1 saturated carbocycles. The van der Waals surface area contributed by atoms with E-state index in [9.17, 15) is 4.79 Å². The molecule has 1 aliphatic rings. The number of hydrogen-bond donors (Lipinski definition) is 0. The zero-order valence-corrected chi connectivity index (χ0v) is 17.6. The van der Waals surface area contributed by atoms with Crippen LogP contribution in [0.1, 0.15) is 44.1 Å². The third-order valence-corrected chi connectivity index (χ3v) is 5.67. The van der Waals surface area contributed by atoms with Gasteiger partial charge in [0.15, 0.2) is 5.78 Å². The summed E-state index contributed by atoms with van der Waals surface area (Å²) in [5.41, 5.74) is 0.892. The van der Waals surface area contributed by atoms with Crippen molar-refractivity contribution < 1.29 is 4.79 Å². The zero-order chi connectivity index (χ0) is 16.0. The first-order valence-corrected chi connectivity index (χ1v) is 9.53. The summed E-state index contributed by atoms with van der Waals surface area (Å²) in [6, 6.07) is 10.5. The minimum atomic E-state index is -0.324. The molecule has 1 aromatic carbocycles. The average molecular weight is 447 g/mol. The van der Waals surface area contributed by atoms with Crippen molar-refractivity contribution in [3.63, 3.8) is 0 Å². The maximum absolute atomic E-state index is 13.1. The molecule has 4 heteroatoms. The van der Waals surface area contributed by atoms with Gasteiger partial charge < -0.3 is 4.90 Å². The summed E-state index contributed by atoms with van der Waals surface area (Å²) in [6.07, 6.45) is 7.12. The van der Waals surface area contributed by atoms with Gasteiger partial charge in [-0.2, -0.15) is 0 Å². The second-order valence-electron chi connectivity index (χ2n) is 6.78. The van der Waals surface area contributed by atoms with E-state index >= 15 is 0 Å². The zero-order valence-electron chi connectivity index (χ0n) is 14.3. The first kappa shape index (κ1) is 20.9. The first-order chi connectivity index (χ1) is 10.6. The highest BCUT2D eigenvalue weighted by Gasteiger charge is 2.45. The van der Waals surface area contributed by atoms with Gasteiger partial charge in [-0.1, -0.05) is 65.5 Å². The number of Topliss-reactive ketones (excluding diaryl/α,β-unsaturated/α-hetero) is 1. The molecule has 1 aromatic rings. The highest BCUT2D eigenvalue weighted by Crippen LogP contribution is 2.44. The summed E-state index contributed by atoms with van der Waals surface area (Å²) in [7, 11) is 4.18. The third-order valence-electron chi connectivity index (χ3n) is 5.16. The minimum Gasteiger partial charge on any atom is -0.309 e. The van der Waals surface area contributed by atoms with E-state index in [1.54, 1.807) is 0 Å². The lowest BCUT2D eigenvalue weighted by atomic mass is 9.61. The molecule has 0 aromatic heterocycles. The molecule has 0 heterocycles. The van der Waals surface area contributed by atoms with Crippen LogP contribution in [0.25, 0.3) is 0 Å². The Labute approximate surface area is 159 Å². The number of rotatable bonds is 7. The van der Waals surface area contributed by atoms with E-state index in [1.807, 2.05) is 6.07 Å². The Bertz CT molecular complexity index is 472. The molecule has 0 amide bonds. The van der Waals surface area contributed by atoms with Crippen molar-refractivity contribution in [3.8, 4) is 0 Å². The summed E-state index contributed by atoms with van der Waals surface area (Å²) in [6.45, 7) is 0.949. The van der Waals surface area contributed by atoms with Crippen LogP contribution in [0.4, 0.5) is 0 Å². The Balaban J connectivity index is 0.00000264. The lowest BCUT2D eigenvalue weighted by molar-refractivity contribution is -0.125. The molecule has 23 heavy (non-hydrogen) atoms. The van der Waals surface area contributed by atoms with Gasteiger partial charge in [-0.05, 0) is 51.4 Å². The number of halogens is 2. The van der Waals surface area contributed by atoms with Gasteiger partial charge in [-0.25, -0.2) is 0 Å². The maximum atomic E-state index is 13.1. The molecule has 1 unspecified atom stereocenters. The monoisotopic (exact) mass is 445 g/mol. The number of ketones is 1. The average Bonchev–Trinajstić information content (AvgIpc) is 2.57. The van der Waals surface area contributed by atoms with Crippen molar-refractivity contribution in [2.24, 2.45) is 5.92 Å². The van der Waals surface area contributed by atoms with Crippen LogP contribution in [-0.2, 0) is 10.2 Å². The predicted molar refractivity (Wildman–Crippen MR) is 107 cm³/mol. The fourth-order valence-corrected chi connectivity index (χ4v) is 4.46. The van der Waals surface area contributed by atoms with E-state index in [1.165, 1.54) is 37.7 Å².